The van der Waals surface area contributed by atoms with Crippen LogP contribution in [0.3, 0.4) is 0 Å². The van der Waals surface area contributed by atoms with Crippen LogP contribution in [0.4, 0.5) is 5.69 Å². The van der Waals surface area contributed by atoms with Crippen LogP contribution in [0.15, 0.2) is 60.7 Å². The molecule has 0 radical (unpaired) electrons. The third-order valence-corrected chi connectivity index (χ3v) is 5.45. The van der Waals surface area contributed by atoms with E-state index >= 15 is 0 Å². The minimum atomic E-state index is -0.489. The molecule has 31 heavy (non-hydrogen) atoms. The van der Waals surface area contributed by atoms with Crippen LogP contribution in [0, 0.1) is 13.8 Å². The van der Waals surface area contributed by atoms with Gasteiger partial charge in [-0.25, -0.2) is 9.67 Å². The third-order valence-electron chi connectivity index (χ3n) is 4.67. The van der Waals surface area contributed by atoms with Gasteiger partial charge in [-0.15, -0.1) is 5.10 Å². The van der Waals surface area contributed by atoms with Gasteiger partial charge >= 0.3 is 0 Å². The maximum atomic E-state index is 12.9. The van der Waals surface area contributed by atoms with Crippen molar-refractivity contribution in [2.24, 2.45) is 0 Å². The average Bonchev–Trinajstić information content (AvgIpc) is 3.17. The fourth-order valence-corrected chi connectivity index (χ4v) is 3.75. The standard InChI is InChI=1S/C23H17Cl3N4O/c1-13-4-3-5-15(10-13)22-28-21(23(31)27-19-9-8-16(24)11-18(19)26)29-30(22)20-12-17(25)7-6-14(20)2/h3-12H,1-2H3,(H,27,31). The number of benzene rings is 3. The van der Waals surface area contributed by atoms with Crippen molar-refractivity contribution >= 4 is 46.4 Å². The quantitative estimate of drug-likeness (QED) is 0.357. The lowest BCUT2D eigenvalue weighted by Crippen LogP contribution is -2.14. The fourth-order valence-electron chi connectivity index (χ4n) is 3.13. The number of nitrogens with one attached hydrogen (secondary N) is 1. The summed E-state index contributed by atoms with van der Waals surface area (Å²) in [6.45, 7) is 3.94. The molecule has 3 aromatic carbocycles. The summed E-state index contributed by atoms with van der Waals surface area (Å²) in [5.41, 5.74) is 3.99. The Morgan fingerprint density at radius 1 is 0.935 bits per heavy atom. The van der Waals surface area contributed by atoms with E-state index in [2.05, 4.69) is 15.4 Å². The van der Waals surface area contributed by atoms with Crippen molar-refractivity contribution in [3.05, 3.63) is 92.7 Å². The summed E-state index contributed by atoms with van der Waals surface area (Å²) in [5.74, 6) is 0.0416. The first-order valence-corrected chi connectivity index (χ1v) is 10.5. The van der Waals surface area contributed by atoms with Crippen LogP contribution >= 0.6 is 34.8 Å². The lowest BCUT2D eigenvalue weighted by atomic mass is 10.1. The van der Waals surface area contributed by atoms with Crippen molar-refractivity contribution in [3.8, 4) is 17.1 Å². The Morgan fingerprint density at radius 3 is 2.42 bits per heavy atom. The van der Waals surface area contributed by atoms with Crippen molar-refractivity contribution < 1.29 is 4.79 Å². The Balaban J connectivity index is 1.81. The lowest BCUT2D eigenvalue weighted by Gasteiger charge is -2.10. The van der Waals surface area contributed by atoms with Crippen LogP contribution < -0.4 is 5.32 Å². The molecule has 0 spiro atoms. The van der Waals surface area contributed by atoms with E-state index in [9.17, 15) is 4.79 Å². The summed E-state index contributed by atoms with van der Waals surface area (Å²) >= 11 is 18.4. The number of aryl methyl sites for hydroxylation is 2. The Hall–Kier alpha value is -2.86. The molecule has 0 atom stereocenters. The Labute approximate surface area is 194 Å². The molecule has 4 rings (SSSR count). The van der Waals surface area contributed by atoms with E-state index in [1.54, 1.807) is 35.0 Å². The lowest BCUT2D eigenvalue weighted by molar-refractivity contribution is 0.101. The van der Waals surface area contributed by atoms with Gasteiger partial charge in [-0.05, 0) is 55.8 Å². The van der Waals surface area contributed by atoms with Crippen LogP contribution in [0.1, 0.15) is 21.7 Å². The smallest absolute Gasteiger partial charge is 0.295 e. The number of hydrogen-bond donors (Lipinski definition) is 1. The van der Waals surface area contributed by atoms with E-state index in [1.807, 2.05) is 44.2 Å². The van der Waals surface area contributed by atoms with Gasteiger partial charge in [-0.1, -0.05) is 64.6 Å². The summed E-state index contributed by atoms with van der Waals surface area (Å²) in [5, 5.41) is 8.60. The minimum absolute atomic E-state index is 0.00176. The Bertz CT molecular complexity index is 1300. The largest absolute Gasteiger partial charge is 0.318 e. The number of aromatic nitrogens is 3. The number of amides is 1. The highest BCUT2D eigenvalue weighted by molar-refractivity contribution is 6.36. The van der Waals surface area contributed by atoms with Crippen LogP contribution in [0.25, 0.3) is 17.1 Å². The maximum Gasteiger partial charge on any atom is 0.295 e. The van der Waals surface area contributed by atoms with Crippen molar-refractivity contribution in [2.75, 3.05) is 5.32 Å². The molecule has 0 aliphatic carbocycles. The Morgan fingerprint density at radius 2 is 1.68 bits per heavy atom. The molecular weight excluding hydrogens is 455 g/mol. The van der Waals surface area contributed by atoms with Crippen molar-refractivity contribution in [1.82, 2.24) is 14.8 Å². The van der Waals surface area contributed by atoms with Gasteiger partial charge < -0.3 is 5.32 Å². The molecule has 5 nitrogen and oxygen atoms in total. The van der Waals surface area contributed by atoms with Gasteiger partial charge in [0.1, 0.15) is 0 Å². The number of carbonyl (C=O) groups is 1. The van der Waals surface area contributed by atoms with E-state index in [0.29, 0.717) is 26.6 Å². The highest BCUT2D eigenvalue weighted by atomic mass is 35.5. The van der Waals surface area contributed by atoms with Gasteiger partial charge in [-0.3, -0.25) is 4.79 Å². The summed E-state index contributed by atoms with van der Waals surface area (Å²) in [6.07, 6.45) is 0. The molecule has 0 bridgehead atoms. The molecule has 0 aliphatic heterocycles. The van der Waals surface area contributed by atoms with Gasteiger partial charge in [0.25, 0.3) is 5.91 Å². The molecular formula is C23H17Cl3N4O. The van der Waals surface area contributed by atoms with Crippen LogP contribution in [0.2, 0.25) is 15.1 Å². The van der Waals surface area contributed by atoms with Crippen molar-refractivity contribution in [3.63, 3.8) is 0 Å². The van der Waals surface area contributed by atoms with Crippen LogP contribution in [-0.4, -0.2) is 20.7 Å². The fraction of sp³-hybridized carbons (Fsp3) is 0.0870. The molecule has 0 aliphatic rings. The molecule has 156 valence electrons. The summed E-state index contributed by atoms with van der Waals surface area (Å²) in [7, 11) is 0. The summed E-state index contributed by atoms with van der Waals surface area (Å²) in [6, 6.07) is 18.1. The maximum absolute atomic E-state index is 12.9. The average molecular weight is 472 g/mol. The number of anilines is 1. The van der Waals surface area contributed by atoms with E-state index < -0.39 is 5.91 Å². The number of carbonyl (C=O) groups excluding carboxylic acids is 1. The summed E-state index contributed by atoms with van der Waals surface area (Å²) in [4.78, 5) is 17.5. The van der Waals surface area contributed by atoms with E-state index in [0.717, 1.165) is 22.4 Å². The SMILES string of the molecule is Cc1cccc(-c2nc(C(=O)Nc3ccc(Cl)cc3Cl)nn2-c2cc(Cl)ccc2C)c1. The zero-order valence-corrected chi connectivity index (χ0v) is 18.9. The van der Waals surface area contributed by atoms with E-state index in [4.69, 9.17) is 34.8 Å². The Kier molecular flexibility index (Phi) is 6.01. The molecule has 0 fully saturated rings. The molecule has 0 saturated heterocycles. The number of rotatable bonds is 4. The van der Waals surface area contributed by atoms with E-state index in [-0.39, 0.29) is 5.82 Å². The third kappa shape index (κ3) is 4.59. The first kappa shape index (κ1) is 21.4. The molecule has 1 amide bonds. The van der Waals surface area contributed by atoms with E-state index in [1.165, 1.54) is 0 Å². The highest BCUT2D eigenvalue weighted by Gasteiger charge is 2.21. The second-order valence-corrected chi connectivity index (χ2v) is 8.33. The molecule has 0 unspecified atom stereocenters. The van der Waals surface area contributed by atoms with Gasteiger partial charge in [-0.2, -0.15) is 0 Å². The topological polar surface area (TPSA) is 59.8 Å². The first-order valence-electron chi connectivity index (χ1n) is 9.39. The van der Waals surface area contributed by atoms with Gasteiger partial charge in [0.05, 0.1) is 16.4 Å². The second-order valence-electron chi connectivity index (χ2n) is 7.05. The van der Waals surface area contributed by atoms with Crippen molar-refractivity contribution in [2.45, 2.75) is 13.8 Å². The van der Waals surface area contributed by atoms with Gasteiger partial charge in [0.2, 0.25) is 5.82 Å². The van der Waals surface area contributed by atoms with Crippen LogP contribution in [0.5, 0.6) is 0 Å². The monoisotopic (exact) mass is 470 g/mol. The second kappa shape index (κ2) is 8.71. The highest BCUT2D eigenvalue weighted by Crippen LogP contribution is 2.28. The normalized spacial score (nSPS) is 10.9. The molecule has 4 aromatic rings. The number of nitrogens with zero attached hydrogens (tertiary/aromatic N) is 3. The molecule has 1 aromatic heterocycles. The number of halogens is 3. The first-order chi connectivity index (χ1) is 14.8. The predicted molar refractivity (Wildman–Crippen MR) is 126 cm³/mol. The molecule has 8 heteroatoms. The summed E-state index contributed by atoms with van der Waals surface area (Å²) < 4.78 is 1.63. The van der Waals surface area contributed by atoms with Gasteiger partial charge in [0, 0.05) is 15.6 Å². The van der Waals surface area contributed by atoms with Crippen molar-refractivity contribution in [1.29, 1.82) is 0 Å². The predicted octanol–water partition coefficient (Wildman–Crippen LogP) is 6.76. The minimum Gasteiger partial charge on any atom is -0.318 e. The number of hydrogen-bond acceptors (Lipinski definition) is 3. The molecule has 0 saturated carbocycles. The zero-order chi connectivity index (χ0) is 22.1. The molecule has 1 heterocycles. The molecule has 1 N–H and O–H groups in total. The van der Waals surface area contributed by atoms with Crippen LogP contribution in [-0.2, 0) is 0 Å². The zero-order valence-electron chi connectivity index (χ0n) is 16.7. The van der Waals surface area contributed by atoms with Gasteiger partial charge in [0.15, 0.2) is 5.82 Å².